The highest BCUT2D eigenvalue weighted by Crippen LogP contribution is 2.44. The van der Waals surface area contributed by atoms with E-state index < -0.39 is 0 Å². The maximum atomic E-state index is 13.2. The number of imidazole rings is 1. The maximum absolute atomic E-state index is 13.2. The van der Waals surface area contributed by atoms with Crippen LogP contribution in [-0.2, 0) is 17.9 Å². The molecule has 3 heterocycles. The number of carbonyl (C=O) groups excluding carboxylic acids is 1. The molecule has 122 valence electrons. The largest absolute Gasteiger partial charge is 0.373 e. The third kappa shape index (κ3) is 2.00. The van der Waals surface area contributed by atoms with E-state index in [1.807, 2.05) is 23.5 Å². The molecule has 0 fully saturated rings. The number of aromatic nitrogens is 2. The van der Waals surface area contributed by atoms with Crippen LogP contribution >= 0.6 is 0 Å². The predicted octanol–water partition coefficient (Wildman–Crippen LogP) is 2.38. The van der Waals surface area contributed by atoms with E-state index >= 15 is 0 Å². The van der Waals surface area contributed by atoms with Gasteiger partial charge in [0.25, 0.3) is 0 Å². The minimum Gasteiger partial charge on any atom is -0.373 e. The molecule has 1 N–H and O–H groups in total. The van der Waals surface area contributed by atoms with Crippen LogP contribution in [0.5, 0.6) is 0 Å². The smallest absolute Gasteiger partial charge is 0.245 e. The number of allylic oxidation sites excluding steroid dienone is 2. The first kappa shape index (κ1) is 13.8. The molecular weight excluding hydrogens is 300 g/mol. The lowest BCUT2D eigenvalue weighted by atomic mass is 9.79. The molecular formula is C19H20N4O. The van der Waals surface area contributed by atoms with Crippen molar-refractivity contribution in [1.82, 2.24) is 14.5 Å². The predicted molar refractivity (Wildman–Crippen MR) is 91.5 cm³/mol. The van der Waals surface area contributed by atoms with E-state index in [1.165, 1.54) is 5.56 Å². The van der Waals surface area contributed by atoms with Crippen LogP contribution in [0.1, 0.15) is 23.6 Å². The van der Waals surface area contributed by atoms with Gasteiger partial charge in [0.05, 0.1) is 18.6 Å². The maximum Gasteiger partial charge on any atom is 0.245 e. The molecule has 5 rings (SSSR count). The number of anilines is 1. The third-order valence-electron chi connectivity index (χ3n) is 5.61. The number of carbonyl (C=O) groups is 1. The van der Waals surface area contributed by atoms with Gasteiger partial charge in [-0.15, -0.1) is 0 Å². The first-order chi connectivity index (χ1) is 11.8. The molecule has 1 aromatic heterocycles. The van der Waals surface area contributed by atoms with Gasteiger partial charge >= 0.3 is 0 Å². The molecule has 3 aliphatic rings. The number of fused-ring (bicyclic) bond motifs is 4. The molecule has 0 spiro atoms. The Hall–Kier alpha value is -2.56. The highest BCUT2D eigenvalue weighted by Gasteiger charge is 2.42. The number of hydrogen-bond donors (Lipinski definition) is 1. The summed E-state index contributed by atoms with van der Waals surface area (Å²) in [7, 11) is 0. The lowest BCUT2D eigenvalue weighted by Crippen LogP contribution is -2.51. The zero-order chi connectivity index (χ0) is 16.1. The van der Waals surface area contributed by atoms with Gasteiger partial charge in [-0.3, -0.25) is 4.79 Å². The minimum absolute atomic E-state index is 0.144. The molecule has 2 aromatic rings. The molecule has 1 aliphatic carbocycles. The zero-order valence-electron chi connectivity index (χ0n) is 13.4. The minimum atomic E-state index is -0.144. The quantitative estimate of drug-likeness (QED) is 0.821. The lowest BCUT2D eigenvalue weighted by Gasteiger charge is -2.39. The number of amides is 1. The van der Waals surface area contributed by atoms with E-state index in [2.05, 4.69) is 45.2 Å². The van der Waals surface area contributed by atoms with Crippen LogP contribution in [0.25, 0.3) is 0 Å². The van der Waals surface area contributed by atoms with E-state index in [0.717, 1.165) is 30.9 Å². The van der Waals surface area contributed by atoms with E-state index in [0.29, 0.717) is 18.4 Å². The van der Waals surface area contributed by atoms with Gasteiger partial charge in [-0.1, -0.05) is 30.4 Å². The van der Waals surface area contributed by atoms with Crippen molar-refractivity contribution in [3.8, 4) is 0 Å². The summed E-state index contributed by atoms with van der Waals surface area (Å²) in [4.78, 5) is 19.4. The Morgan fingerprint density at radius 2 is 2.17 bits per heavy atom. The summed E-state index contributed by atoms with van der Waals surface area (Å²) in [6, 6.07) is 8.23. The molecule has 24 heavy (non-hydrogen) atoms. The van der Waals surface area contributed by atoms with Gasteiger partial charge in [0.2, 0.25) is 5.91 Å². The molecule has 2 aliphatic heterocycles. The summed E-state index contributed by atoms with van der Waals surface area (Å²) < 4.78 is 2.13. The van der Waals surface area contributed by atoms with Crippen LogP contribution in [0.3, 0.4) is 0 Å². The van der Waals surface area contributed by atoms with Gasteiger partial charge in [0.1, 0.15) is 6.04 Å². The Morgan fingerprint density at radius 3 is 3.12 bits per heavy atom. The normalized spacial score (nSPS) is 27.2. The Morgan fingerprint density at radius 1 is 1.25 bits per heavy atom. The monoisotopic (exact) mass is 320 g/mol. The molecule has 0 bridgehead atoms. The number of hydrogen-bond acceptors (Lipinski definition) is 3. The van der Waals surface area contributed by atoms with Gasteiger partial charge in [0, 0.05) is 36.8 Å². The molecule has 3 atom stereocenters. The van der Waals surface area contributed by atoms with Crippen LogP contribution in [0.4, 0.5) is 5.69 Å². The van der Waals surface area contributed by atoms with Crippen LogP contribution in [0, 0.1) is 5.92 Å². The van der Waals surface area contributed by atoms with Crippen molar-refractivity contribution in [3.05, 3.63) is 60.2 Å². The van der Waals surface area contributed by atoms with Crippen LogP contribution in [-0.4, -0.2) is 32.9 Å². The molecule has 5 nitrogen and oxygen atoms in total. The Bertz CT molecular complexity index is 824. The van der Waals surface area contributed by atoms with Crippen molar-refractivity contribution < 1.29 is 4.79 Å². The first-order valence-electron chi connectivity index (χ1n) is 8.61. The molecule has 0 saturated carbocycles. The highest BCUT2D eigenvalue weighted by atomic mass is 16.2. The summed E-state index contributed by atoms with van der Waals surface area (Å²) in [5, 5.41) is 3.53. The second-order valence-electron chi connectivity index (χ2n) is 6.90. The highest BCUT2D eigenvalue weighted by molar-refractivity contribution is 5.87. The van der Waals surface area contributed by atoms with Gasteiger partial charge in [0.15, 0.2) is 0 Å². The van der Waals surface area contributed by atoms with Crippen molar-refractivity contribution in [3.63, 3.8) is 0 Å². The number of nitrogens with zero attached hydrogens (tertiary/aromatic N) is 3. The fourth-order valence-electron chi connectivity index (χ4n) is 4.36. The average Bonchev–Trinajstić information content (AvgIpc) is 3.29. The summed E-state index contributed by atoms with van der Waals surface area (Å²) in [6.07, 6.45) is 9.18. The Kier molecular flexibility index (Phi) is 3.01. The molecule has 0 saturated heterocycles. The van der Waals surface area contributed by atoms with Crippen LogP contribution in [0.2, 0.25) is 0 Å². The van der Waals surface area contributed by atoms with Crippen molar-refractivity contribution in [2.24, 2.45) is 5.92 Å². The van der Waals surface area contributed by atoms with E-state index in [9.17, 15) is 4.79 Å². The Labute approximate surface area is 141 Å². The molecule has 5 heteroatoms. The van der Waals surface area contributed by atoms with Crippen LogP contribution < -0.4 is 5.32 Å². The van der Waals surface area contributed by atoms with Crippen molar-refractivity contribution in [2.45, 2.75) is 31.5 Å². The number of rotatable bonds is 1. The molecule has 1 amide bonds. The van der Waals surface area contributed by atoms with Crippen molar-refractivity contribution in [1.29, 1.82) is 0 Å². The standard InChI is InChI=1S/C19H20N4O/c24-19(22-8-9-23-12-20-10-13(23)11-22)18-16-6-3-5-14(16)15-4-1-2-7-17(15)21-18/h1-5,7,10,12,14,16,18,21H,6,8-9,11H2. The van der Waals surface area contributed by atoms with Crippen molar-refractivity contribution >= 4 is 11.6 Å². The van der Waals surface area contributed by atoms with Gasteiger partial charge in [-0.2, -0.15) is 0 Å². The zero-order valence-corrected chi connectivity index (χ0v) is 13.4. The Balaban J connectivity index is 1.44. The van der Waals surface area contributed by atoms with Crippen molar-refractivity contribution in [2.75, 3.05) is 11.9 Å². The molecule has 0 radical (unpaired) electrons. The molecule has 3 unspecified atom stereocenters. The fourth-order valence-corrected chi connectivity index (χ4v) is 4.36. The van der Waals surface area contributed by atoms with E-state index in [-0.39, 0.29) is 11.9 Å². The van der Waals surface area contributed by atoms with Gasteiger partial charge in [-0.25, -0.2) is 4.98 Å². The number of para-hydroxylation sites is 1. The van der Waals surface area contributed by atoms with Crippen LogP contribution in [0.15, 0.2) is 48.9 Å². The summed E-state index contributed by atoms with van der Waals surface area (Å²) in [5.41, 5.74) is 3.54. The van der Waals surface area contributed by atoms with E-state index in [4.69, 9.17) is 0 Å². The summed E-state index contributed by atoms with van der Waals surface area (Å²) in [5.74, 6) is 0.890. The fraction of sp³-hybridized carbons (Fsp3) is 0.368. The molecule has 1 aromatic carbocycles. The van der Waals surface area contributed by atoms with Gasteiger partial charge < -0.3 is 14.8 Å². The second-order valence-corrected chi connectivity index (χ2v) is 6.90. The average molecular weight is 320 g/mol. The topological polar surface area (TPSA) is 50.2 Å². The first-order valence-corrected chi connectivity index (χ1v) is 8.61. The second kappa shape index (κ2) is 5.23. The lowest BCUT2D eigenvalue weighted by molar-refractivity contribution is -0.134. The third-order valence-corrected chi connectivity index (χ3v) is 5.61. The number of nitrogens with one attached hydrogen (secondary N) is 1. The SMILES string of the molecule is O=C(C1Nc2ccccc2C2C=CCC12)N1CCn2cncc2C1. The summed E-state index contributed by atoms with van der Waals surface area (Å²) >= 11 is 0. The number of benzene rings is 1. The summed E-state index contributed by atoms with van der Waals surface area (Å²) in [6.45, 7) is 2.24. The van der Waals surface area contributed by atoms with Gasteiger partial charge in [-0.05, 0) is 18.1 Å². The van der Waals surface area contributed by atoms with E-state index in [1.54, 1.807) is 0 Å².